The first-order chi connectivity index (χ1) is 19.7. The van der Waals surface area contributed by atoms with Crippen molar-refractivity contribution in [2.75, 3.05) is 0 Å². The Balaban J connectivity index is 1.67. The van der Waals surface area contributed by atoms with Crippen LogP contribution in [0.2, 0.25) is 0 Å². The van der Waals surface area contributed by atoms with Crippen LogP contribution in [0.1, 0.15) is 25.8 Å². The minimum atomic E-state index is -4.76. The highest BCUT2D eigenvalue weighted by atomic mass is 32.2. The van der Waals surface area contributed by atoms with E-state index in [2.05, 4.69) is 10.4 Å². The molecular weight excluding hydrogens is 578 g/mol. The number of alkyl halides is 3. The minimum Gasteiger partial charge on any atom is -0.463 e. The number of nitrogens with one attached hydrogen (secondary N) is 1. The summed E-state index contributed by atoms with van der Waals surface area (Å²) in [6.07, 6.45) is -3.04. The first-order valence-electron chi connectivity index (χ1n) is 12.7. The predicted molar refractivity (Wildman–Crippen MR) is 146 cm³/mol. The lowest BCUT2D eigenvalue weighted by molar-refractivity contribution is -0.137. The molecule has 1 amide bonds. The number of halogens is 3. The number of carbonyl (C=O) groups is 1. The monoisotopic (exact) mass is 605 g/mol. The zero-order chi connectivity index (χ0) is 30.7. The molecule has 3 N–H and O–H groups in total. The van der Waals surface area contributed by atoms with Gasteiger partial charge in [-0.25, -0.2) is 0 Å². The zero-order valence-electron chi connectivity index (χ0n) is 22.4. The van der Waals surface area contributed by atoms with E-state index in [-0.39, 0.29) is 29.5 Å². The number of hydrogen-bond acceptors (Lipinski definition) is 8. The number of aromatic nitrogens is 2. The van der Waals surface area contributed by atoms with Crippen molar-refractivity contribution in [1.29, 1.82) is 0 Å². The van der Waals surface area contributed by atoms with Crippen LogP contribution >= 0.6 is 0 Å². The van der Waals surface area contributed by atoms with Crippen molar-refractivity contribution in [2.24, 2.45) is 5.92 Å². The SMILES string of the molecule is CC(C)CC(NC(=O)Cn1nc(-c2ccccc2OS(=O)(=O)c2cccc(C(F)(F)F)c2)cc1-c1ccco1)B(O)O. The van der Waals surface area contributed by atoms with Crippen molar-refractivity contribution < 1.29 is 45.0 Å². The molecule has 222 valence electrons. The molecule has 0 radical (unpaired) electrons. The number of carbonyl (C=O) groups excluding carboxylic acids is 1. The van der Waals surface area contributed by atoms with Gasteiger partial charge in [-0.15, -0.1) is 0 Å². The molecule has 42 heavy (non-hydrogen) atoms. The van der Waals surface area contributed by atoms with Crippen molar-refractivity contribution in [1.82, 2.24) is 15.1 Å². The van der Waals surface area contributed by atoms with Crippen molar-refractivity contribution in [3.05, 3.63) is 78.6 Å². The molecule has 0 aliphatic carbocycles. The number of furan rings is 1. The first kappa shape index (κ1) is 30.9. The van der Waals surface area contributed by atoms with Crippen LogP contribution < -0.4 is 9.50 Å². The van der Waals surface area contributed by atoms with E-state index in [1.807, 2.05) is 13.8 Å². The van der Waals surface area contributed by atoms with E-state index in [1.165, 1.54) is 35.2 Å². The maximum Gasteiger partial charge on any atom is 0.475 e. The van der Waals surface area contributed by atoms with Gasteiger partial charge in [0.2, 0.25) is 5.91 Å². The van der Waals surface area contributed by atoms with Gasteiger partial charge in [0, 0.05) is 5.56 Å². The van der Waals surface area contributed by atoms with Crippen LogP contribution in [0.15, 0.2) is 82.3 Å². The second-order valence-corrected chi connectivity index (χ2v) is 11.4. The molecule has 0 bridgehead atoms. The Labute approximate surface area is 240 Å². The Morgan fingerprint density at radius 3 is 2.48 bits per heavy atom. The largest absolute Gasteiger partial charge is 0.475 e. The molecular formula is C27H27BF3N3O7S. The molecule has 4 aromatic rings. The van der Waals surface area contributed by atoms with Gasteiger partial charge in [0.1, 0.15) is 17.1 Å². The zero-order valence-corrected chi connectivity index (χ0v) is 23.3. The van der Waals surface area contributed by atoms with Gasteiger partial charge in [-0.3, -0.25) is 9.48 Å². The summed E-state index contributed by atoms with van der Waals surface area (Å²) < 4.78 is 77.5. The summed E-state index contributed by atoms with van der Waals surface area (Å²) in [5.41, 5.74) is -0.469. The Morgan fingerprint density at radius 1 is 1.10 bits per heavy atom. The number of rotatable bonds is 11. The standard InChI is InChI=1S/C27H27BF3N3O7S/c1-17(2)13-25(28(36)37)32-26(35)16-34-22(24-11-6-12-40-24)15-21(33-34)20-9-3-4-10-23(20)41-42(38,39)19-8-5-7-18(14-19)27(29,30)31/h3-12,14-15,17,25,36-37H,13,16H2,1-2H3,(H,32,35). The van der Waals surface area contributed by atoms with Crippen LogP contribution in [0.5, 0.6) is 5.75 Å². The van der Waals surface area contributed by atoms with E-state index in [0.717, 1.165) is 18.2 Å². The average Bonchev–Trinajstić information content (AvgIpc) is 3.58. The van der Waals surface area contributed by atoms with Crippen LogP contribution in [0.25, 0.3) is 22.7 Å². The molecule has 1 unspecified atom stereocenters. The summed E-state index contributed by atoms with van der Waals surface area (Å²) >= 11 is 0. The molecule has 0 saturated heterocycles. The molecule has 0 saturated carbocycles. The fourth-order valence-electron chi connectivity index (χ4n) is 4.19. The fraction of sp³-hybridized carbons (Fsp3) is 0.259. The Kier molecular flexibility index (Phi) is 9.14. The molecule has 0 aliphatic rings. The fourth-order valence-corrected chi connectivity index (χ4v) is 5.18. The molecule has 2 aromatic carbocycles. The number of benzene rings is 2. The normalized spacial score (nSPS) is 12.8. The van der Waals surface area contributed by atoms with Crippen LogP contribution in [0.4, 0.5) is 13.2 Å². The van der Waals surface area contributed by atoms with Gasteiger partial charge in [-0.05, 0) is 60.9 Å². The Bertz CT molecular complexity index is 1640. The van der Waals surface area contributed by atoms with Crippen LogP contribution in [0.3, 0.4) is 0 Å². The molecule has 0 spiro atoms. The number of hydrogen-bond donors (Lipinski definition) is 3. The van der Waals surface area contributed by atoms with Gasteiger partial charge < -0.3 is 24.0 Å². The first-order valence-corrected chi connectivity index (χ1v) is 14.1. The number of nitrogens with zero attached hydrogens (tertiary/aromatic N) is 2. The minimum absolute atomic E-state index is 0.0656. The summed E-state index contributed by atoms with van der Waals surface area (Å²) in [6, 6.07) is 13.8. The Morgan fingerprint density at radius 2 is 1.83 bits per heavy atom. The lowest BCUT2D eigenvalue weighted by Crippen LogP contribution is -2.48. The number of para-hydroxylation sites is 1. The maximum absolute atomic E-state index is 13.2. The third-order valence-electron chi connectivity index (χ3n) is 6.09. The van der Waals surface area contributed by atoms with E-state index >= 15 is 0 Å². The van der Waals surface area contributed by atoms with Crippen molar-refractivity contribution in [2.45, 2.75) is 43.8 Å². The summed E-state index contributed by atoms with van der Waals surface area (Å²) in [4.78, 5) is 12.2. The topological polar surface area (TPSA) is 144 Å². The molecule has 10 nitrogen and oxygen atoms in total. The summed E-state index contributed by atoms with van der Waals surface area (Å²) in [6.45, 7) is 3.37. The summed E-state index contributed by atoms with van der Waals surface area (Å²) in [5.74, 6) is -1.31. The molecule has 4 rings (SSSR count). The van der Waals surface area contributed by atoms with E-state index in [1.54, 1.807) is 18.2 Å². The highest BCUT2D eigenvalue weighted by Crippen LogP contribution is 2.35. The third kappa shape index (κ3) is 7.41. The number of amides is 1. The molecule has 2 aromatic heterocycles. The quantitative estimate of drug-likeness (QED) is 0.171. The van der Waals surface area contributed by atoms with Gasteiger partial charge in [0.05, 0.1) is 23.5 Å². The van der Waals surface area contributed by atoms with Crippen LogP contribution in [0, 0.1) is 5.92 Å². The smallest absolute Gasteiger partial charge is 0.463 e. The van der Waals surface area contributed by atoms with Crippen molar-refractivity contribution in [3.63, 3.8) is 0 Å². The van der Waals surface area contributed by atoms with Crippen molar-refractivity contribution in [3.8, 4) is 28.5 Å². The van der Waals surface area contributed by atoms with Gasteiger partial charge in [0.15, 0.2) is 11.5 Å². The second-order valence-electron chi connectivity index (χ2n) is 9.83. The molecule has 0 aliphatic heterocycles. The molecule has 2 heterocycles. The highest BCUT2D eigenvalue weighted by Gasteiger charge is 2.32. The highest BCUT2D eigenvalue weighted by molar-refractivity contribution is 7.87. The predicted octanol–water partition coefficient (Wildman–Crippen LogP) is 4.14. The molecule has 0 fully saturated rings. The van der Waals surface area contributed by atoms with Crippen LogP contribution in [-0.4, -0.2) is 47.2 Å². The Hall–Kier alpha value is -4.08. The maximum atomic E-state index is 13.2. The van der Waals surface area contributed by atoms with Gasteiger partial charge in [-0.1, -0.05) is 32.0 Å². The van der Waals surface area contributed by atoms with E-state index < -0.39 is 45.7 Å². The second kappa shape index (κ2) is 12.4. The average molecular weight is 605 g/mol. The lowest BCUT2D eigenvalue weighted by Gasteiger charge is -2.19. The van der Waals surface area contributed by atoms with Crippen LogP contribution in [-0.2, 0) is 27.6 Å². The summed E-state index contributed by atoms with van der Waals surface area (Å²) in [5, 5.41) is 26.4. The van der Waals surface area contributed by atoms with E-state index in [0.29, 0.717) is 23.9 Å². The van der Waals surface area contributed by atoms with Gasteiger partial charge in [-0.2, -0.15) is 26.7 Å². The summed E-state index contributed by atoms with van der Waals surface area (Å²) in [7, 11) is -6.47. The van der Waals surface area contributed by atoms with Gasteiger partial charge >= 0.3 is 23.4 Å². The van der Waals surface area contributed by atoms with Crippen molar-refractivity contribution >= 4 is 23.1 Å². The molecule has 1 atom stereocenters. The lowest BCUT2D eigenvalue weighted by atomic mass is 9.75. The van der Waals surface area contributed by atoms with E-state index in [4.69, 9.17) is 8.60 Å². The van der Waals surface area contributed by atoms with Gasteiger partial charge in [0.25, 0.3) is 0 Å². The molecule has 15 heteroatoms. The van der Waals surface area contributed by atoms with E-state index in [9.17, 15) is 36.4 Å². The third-order valence-corrected chi connectivity index (χ3v) is 7.32.